The molecule has 128 valence electrons. The first-order valence-corrected chi connectivity index (χ1v) is 8.32. The van der Waals surface area contributed by atoms with E-state index >= 15 is 0 Å². The van der Waals surface area contributed by atoms with Gasteiger partial charge in [-0.05, 0) is 43.9 Å². The molecule has 0 spiro atoms. The van der Waals surface area contributed by atoms with Crippen LogP contribution in [0.25, 0.3) is 0 Å². The van der Waals surface area contributed by atoms with Crippen molar-refractivity contribution in [1.82, 2.24) is 10.6 Å². The molecular weight excluding hydrogens is 292 g/mol. The van der Waals surface area contributed by atoms with E-state index in [1.54, 1.807) is 14.2 Å². The normalized spacial score (nSPS) is 22.1. The molecular formula is C18H28N2O3. The van der Waals surface area contributed by atoms with Gasteiger partial charge in [-0.2, -0.15) is 0 Å². The fraction of sp³-hybridized carbons (Fsp3) is 0.611. The van der Waals surface area contributed by atoms with E-state index in [1.807, 2.05) is 25.1 Å². The first-order valence-electron chi connectivity index (χ1n) is 8.32. The highest BCUT2D eigenvalue weighted by atomic mass is 16.5. The average Bonchev–Trinajstić information content (AvgIpc) is 2.54. The molecule has 1 saturated carbocycles. The predicted molar refractivity (Wildman–Crippen MR) is 91.0 cm³/mol. The minimum Gasteiger partial charge on any atom is -0.497 e. The summed E-state index contributed by atoms with van der Waals surface area (Å²) in [6.07, 6.45) is 4.57. The molecule has 2 N–H and O–H groups in total. The van der Waals surface area contributed by atoms with E-state index < -0.39 is 0 Å². The summed E-state index contributed by atoms with van der Waals surface area (Å²) in [4.78, 5) is 12.3. The van der Waals surface area contributed by atoms with Crippen LogP contribution in [0, 0.1) is 5.92 Å². The summed E-state index contributed by atoms with van der Waals surface area (Å²) in [6.45, 7) is 4.19. The Kier molecular flexibility index (Phi) is 6.13. The quantitative estimate of drug-likeness (QED) is 0.871. The second-order valence-electron chi connectivity index (χ2n) is 6.42. The zero-order valence-corrected chi connectivity index (χ0v) is 14.5. The fourth-order valence-corrected chi connectivity index (χ4v) is 3.24. The van der Waals surface area contributed by atoms with Gasteiger partial charge in [0.25, 0.3) is 0 Å². The van der Waals surface area contributed by atoms with Gasteiger partial charge in [0.15, 0.2) is 0 Å². The summed E-state index contributed by atoms with van der Waals surface area (Å²) in [5.74, 6) is 2.17. The molecule has 0 radical (unpaired) electrons. The van der Waals surface area contributed by atoms with Crippen LogP contribution in [-0.2, 0) is 0 Å². The third-order valence-electron chi connectivity index (χ3n) is 4.52. The van der Waals surface area contributed by atoms with Crippen molar-refractivity contribution < 1.29 is 14.3 Å². The summed E-state index contributed by atoms with van der Waals surface area (Å²) >= 11 is 0. The van der Waals surface area contributed by atoms with E-state index in [-0.39, 0.29) is 18.1 Å². The summed E-state index contributed by atoms with van der Waals surface area (Å²) < 4.78 is 10.6. The van der Waals surface area contributed by atoms with Crippen molar-refractivity contribution in [3.63, 3.8) is 0 Å². The number of carbonyl (C=O) groups excluding carboxylic acids is 1. The molecule has 2 amide bonds. The molecule has 2 rings (SSSR count). The van der Waals surface area contributed by atoms with E-state index in [9.17, 15) is 4.79 Å². The zero-order valence-electron chi connectivity index (χ0n) is 14.5. The largest absolute Gasteiger partial charge is 0.497 e. The standard InChI is InChI=1S/C18H28N2O3/c1-12-6-5-7-14(10-12)20-18(21)19-13(2)16-11-15(22-3)8-9-17(16)23-4/h8-9,11-14H,5-7,10H2,1-4H3,(H2,19,20,21). The minimum atomic E-state index is -0.166. The number of methoxy groups -OCH3 is 2. The number of rotatable bonds is 5. The smallest absolute Gasteiger partial charge is 0.315 e. The Morgan fingerprint density at radius 3 is 2.70 bits per heavy atom. The number of benzene rings is 1. The van der Waals surface area contributed by atoms with Crippen LogP contribution < -0.4 is 20.1 Å². The number of urea groups is 1. The molecule has 5 heteroatoms. The molecule has 0 bridgehead atoms. The van der Waals surface area contributed by atoms with Crippen LogP contribution in [0.3, 0.4) is 0 Å². The Morgan fingerprint density at radius 1 is 1.26 bits per heavy atom. The highest BCUT2D eigenvalue weighted by Crippen LogP contribution is 2.29. The fourth-order valence-electron chi connectivity index (χ4n) is 3.24. The SMILES string of the molecule is COc1ccc(OC)c(C(C)NC(=O)NC2CCCC(C)C2)c1. The van der Waals surface area contributed by atoms with E-state index in [4.69, 9.17) is 9.47 Å². The van der Waals surface area contributed by atoms with Crippen molar-refractivity contribution >= 4 is 6.03 Å². The van der Waals surface area contributed by atoms with Gasteiger partial charge in [0.05, 0.1) is 20.3 Å². The van der Waals surface area contributed by atoms with Crippen molar-refractivity contribution in [3.05, 3.63) is 23.8 Å². The van der Waals surface area contributed by atoms with Gasteiger partial charge in [0.2, 0.25) is 0 Å². The molecule has 0 aliphatic heterocycles. The summed E-state index contributed by atoms with van der Waals surface area (Å²) in [7, 11) is 3.25. The van der Waals surface area contributed by atoms with Gasteiger partial charge in [-0.1, -0.05) is 19.8 Å². The molecule has 0 saturated heterocycles. The zero-order chi connectivity index (χ0) is 16.8. The number of ether oxygens (including phenoxy) is 2. The monoisotopic (exact) mass is 320 g/mol. The van der Waals surface area contributed by atoms with Crippen molar-refractivity contribution in [2.24, 2.45) is 5.92 Å². The second-order valence-corrected chi connectivity index (χ2v) is 6.42. The third-order valence-corrected chi connectivity index (χ3v) is 4.52. The van der Waals surface area contributed by atoms with Gasteiger partial charge < -0.3 is 20.1 Å². The Hall–Kier alpha value is -1.91. The van der Waals surface area contributed by atoms with Crippen LogP contribution >= 0.6 is 0 Å². The van der Waals surface area contributed by atoms with Gasteiger partial charge in [-0.3, -0.25) is 0 Å². The van der Waals surface area contributed by atoms with E-state index in [1.165, 1.54) is 12.8 Å². The van der Waals surface area contributed by atoms with Gasteiger partial charge in [0, 0.05) is 11.6 Å². The molecule has 1 aromatic rings. The third kappa shape index (κ3) is 4.78. The summed E-state index contributed by atoms with van der Waals surface area (Å²) in [5, 5.41) is 6.09. The van der Waals surface area contributed by atoms with Gasteiger partial charge >= 0.3 is 6.03 Å². The topological polar surface area (TPSA) is 59.6 Å². The molecule has 1 aromatic carbocycles. The lowest BCUT2D eigenvalue weighted by Gasteiger charge is -2.28. The highest BCUT2D eigenvalue weighted by Gasteiger charge is 2.22. The molecule has 5 nitrogen and oxygen atoms in total. The first kappa shape index (κ1) is 17.4. The lowest BCUT2D eigenvalue weighted by Crippen LogP contribution is -2.44. The summed E-state index contributed by atoms with van der Waals surface area (Å²) in [6, 6.07) is 5.58. The maximum atomic E-state index is 12.3. The Morgan fingerprint density at radius 2 is 2.04 bits per heavy atom. The number of carbonyl (C=O) groups is 1. The lowest BCUT2D eigenvalue weighted by molar-refractivity contribution is 0.224. The molecule has 1 fully saturated rings. The Balaban J connectivity index is 1.97. The van der Waals surface area contributed by atoms with Crippen LogP contribution in [0.1, 0.15) is 51.1 Å². The maximum absolute atomic E-state index is 12.3. The number of hydrogen-bond acceptors (Lipinski definition) is 3. The molecule has 0 heterocycles. The number of amides is 2. The van der Waals surface area contributed by atoms with Crippen molar-refractivity contribution in [2.75, 3.05) is 14.2 Å². The summed E-state index contributed by atoms with van der Waals surface area (Å²) in [5.41, 5.74) is 0.902. The predicted octanol–water partition coefficient (Wildman–Crippen LogP) is 3.64. The molecule has 1 aliphatic carbocycles. The molecule has 3 unspecified atom stereocenters. The Labute approximate surface area is 138 Å². The van der Waals surface area contributed by atoms with Crippen LogP contribution in [-0.4, -0.2) is 26.3 Å². The van der Waals surface area contributed by atoms with Gasteiger partial charge in [0.1, 0.15) is 11.5 Å². The lowest BCUT2D eigenvalue weighted by atomic mass is 9.87. The molecule has 3 atom stereocenters. The van der Waals surface area contributed by atoms with Crippen LogP contribution in [0.5, 0.6) is 11.5 Å². The van der Waals surface area contributed by atoms with Gasteiger partial charge in [-0.15, -0.1) is 0 Å². The second kappa shape index (κ2) is 8.09. The van der Waals surface area contributed by atoms with Crippen molar-refractivity contribution in [2.45, 2.75) is 51.6 Å². The van der Waals surface area contributed by atoms with Gasteiger partial charge in [-0.25, -0.2) is 4.79 Å². The van der Waals surface area contributed by atoms with E-state index in [2.05, 4.69) is 17.6 Å². The maximum Gasteiger partial charge on any atom is 0.315 e. The van der Waals surface area contributed by atoms with E-state index in [0.717, 1.165) is 29.9 Å². The number of hydrogen-bond donors (Lipinski definition) is 2. The van der Waals surface area contributed by atoms with Crippen molar-refractivity contribution in [3.8, 4) is 11.5 Å². The number of nitrogens with one attached hydrogen (secondary N) is 2. The molecule has 1 aliphatic rings. The van der Waals surface area contributed by atoms with Crippen LogP contribution in [0.4, 0.5) is 4.79 Å². The molecule has 23 heavy (non-hydrogen) atoms. The van der Waals surface area contributed by atoms with Crippen molar-refractivity contribution in [1.29, 1.82) is 0 Å². The highest BCUT2D eigenvalue weighted by molar-refractivity contribution is 5.75. The minimum absolute atomic E-state index is 0.124. The first-order chi connectivity index (χ1) is 11.0. The molecule has 0 aromatic heterocycles. The average molecular weight is 320 g/mol. The van der Waals surface area contributed by atoms with E-state index in [0.29, 0.717) is 5.92 Å². The Bertz CT molecular complexity index is 533. The van der Waals surface area contributed by atoms with Crippen LogP contribution in [0.15, 0.2) is 18.2 Å². The van der Waals surface area contributed by atoms with Crippen LogP contribution in [0.2, 0.25) is 0 Å².